The predicted molar refractivity (Wildman–Crippen MR) is 63.7 cm³/mol. The Morgan fingerprint density at radius 1 is 1.47 bits per heavy atom. The Labute approximate surface area is 97.9 Å². The summed E-state index contributed by atoms with van der Waals surface area (Å²) in [7, 11) is 1.43. The maximum absolute atomic E-state index is 11.9. The van der Waals surface area contributed by atoms with Gasteiger partial charge >= 0.3 is 5.69 Å². The fraction of sp³-hybridized carbons (Fsp3) is 0.500. The van der Waals surface area contributed by atoms with Gasteiger partial charge in [-0.25, -0.2) is 9.36 Å². The van der Waals surface area contributed by atoms with Crippen LogP contribution in [0.5, 0.6) is 0 Å². The van der Waals surface area contributed by atoms with E-state index in [4.69, 9.17) is 5.73 Å². The molecule has 1 amide bonds. The van der Waals surface area contributed by atoms with E-state index in [1.165, 1.54) is 17.8 Å². The smallest absolute Gasteiger partial charge is 0.331 e. The zero-order chi connectivity index (χ0) is 13.0. The molecule has 7 nitrogen and oxygen atoms in total. The molecule has 0 aromatic carbocycles. The molecule has 1 aromatic heterocycles. The van der Waals surface area contributed by atoms with E-state index in [0.29, 0.717) is 6.54 Å². The van der Waals surface area contributed by atoms with Crippen LogP contribution in [0.2, 0.25) is 0 Å². The van der Waals surface area contributed by atoms with Crippen molar-refractivity contribution in [3.8, 4) is 0 Å². The van der Waals surface area contributed by atoms with Crippen molar-refractivity contribution in [1.82, 2.24) is 14.5 Å². The van der Waals surface area contributed by atoms with E-state index in [0.717, 1.165) is 11.0 Å². The van der Waals surface area contributed by atoms with Crippen molar-refractivity contribution >= 4 is 11.6 Å². The number of nitrogens with zero attached hydrogens (tertiary/aromatic N) is 2. The quantitative estimate of drug-likeness (QED) is 0.686. The Hall–Kier alpha value is -2.05. The van der Waals surface area contributed by atoms with Gasteiger partial charge in [-0.05, 0) is 6.42 Å². The second-order valence-corrected chi connectivity index (χ2v) is 3.62. The molecule has 0 aliphatic rings. The van der Waals surface area contributed by atoms with Gasteiger partial charge in [-0.1, -0.05) is 6.92 Å². The molecule has 0 spiro atoms. The molecule has 1 heterocycles. The van der Waals surface area contributed by atoms with Gasteiger partial charge in [0.05, 0.1) is 0 Å². The molecule has 1 rings (SSSR count). The third-order valence-electron chi connectivity index (χ3n) is 2.31. The zero-order valence-corrected chi connectivity index (χ0v) is 9.90. The SMILES string of the molecule is CCCn1cc(N)c(=O)n(CC(=O)NC)c1=O. The van der Waals surface area contributed by atoms with Gasteiger partial charge in [-0.2, -0.15) is 0 Å². The Kier molecular flexibility index (Phi) is 4.08. The van der Waals surface area contributed by atoms with Gasteiger partial charge in [0.2, 0.25) is 5.91 Å². The molecule has 0 aliphatic carbocycles. The summed E-state index contributed by atoms with van der Waals surface area (Å²) in [5, 5.41) is 2.35. The molecule has 0 fully saturated rings. The number of likely N-dealkylation sites (N-methyl/N-ethyl adjacent to an activating group) is 1. The largest absolute Gasteiger partial charge is 0.393 e. The van der Waals surface area contributed by atoms with E-state index in [1.807, 2.05) is 6.92 Å². The monoisotopic (exact) mass is 240 g/mol. The number of hydrogen-bond acceptors (Lipinski definition) is 4. The summed E-state index contributed by atoms with van der Waals surface area (Å²) < 4.78 is 2.17. The summed E-state index contributed by atoms with van der Waals surface area (Å²) in [6, 6.07) is 0. The third-order valence-corrected chi connectivity index (χ3v) is 2.31. The molecular formula is C10H16N4O3. The van der Waals surface area contributed by atoms with E-state index in [1.54, 1.807) is 0 Å². The van der Waals surface area contributed by atoms with Gasteiger partial charge in [-0.15, -0.1) is 0 Å². The van der Waals surface area contributed by atoms with E-state index in [9.17, 15) is 14.4 Å². The first-order chi connectivity index (χ1) is 8.01. The van der Waals surface area contributed by atoms with Crippen molar-refractivity contribution < 1.29 is 4.79 Å². The molecule has 7 heteroatoms. The number of nitrogen functional groups attached to an aromatic ring is 1. The summed E-state index contributed by atoms with van der Waals surface area (Å²) in [4.78, 5) is 34.7. The van der Waals surface area contributed by atoms with Crippen LogP contribution >= 0.6 is 0 Å². The lowest BCUT2D eigenvalue weighted by Gasteiger charge is -2.09. The number of carbonyl (C=O) groups excluding carboxylic acids is 1. The van der Waals surface area contributed by atoms with Crippen LogP contribution in [0.4, 0.5) is 5.69 Å². The molecule has 0 bridgehead atoms. The highest BCUT2D eigenvalue weighted by Crippen LogP contribution is 1.91. The molecule has 0 unspecified atom stereocenters. The van der Waals surface area contributed by atoms with Gasteiger partial charge in [0.1, 0.15) is 12.2 Å². The first kappa shape index (κ1) is 13.0. The fourth-order valence-corrected chi connectivity index (χ4v) is 1.44. The average molecular weight is 240 g/mol. The van der Waals surface area contributed by atoms with Crippen LogP contribution in [0.1, 0.15) is 13.3 Å². The van der Waals surface area contributed by atoms with Crippen molar-refractivity contribution in [1.29, 1.82) is 0 Å². The van der Waals surface area contributed by atoms with Crippen LogP contribution in [-0.4, -0.2) is 22.1 Å². The minimum absolute atomic E-state index is 0.0399. The van der Waals surface area contributed by atoms with Crippen LogP contribution in [0.15, 0.2) is 15.8 Å². The Balaban J connectivity index is 3.32. The summed E-state index contributed by atoms with van der Waals surface area (Å²) in [5.41, 5.74) is 4.32. The van der Waals surface area contributed by atoms with Gasteiger partial charge < -0.3 is 11.1 Å². The normalized spacial score (nSPS) is 10.2. The van der Waals surface area contributed by atoms with Gasteiger partial charge in [0.25, 0.3) is 5.56 Å². The zero-order valence-electron chi connectivity index (χ0n) is 9.90. The molecule has 94 valence electrons. The number of aryl methyl sites for hydroxylation is 1. The number of hydrogen-bond donors (Lipinski definition) is 2. The highest BCUT2D eigenvalue weighted by molar-refractivity contribution is 5.75. The molecule has 17 heavy (non-hydrogen) atoms. The third kappa shape index (κ3) is 2.74. The highest BCUT2D eigenvalue weighted by Gasteiger charge is 2.11. The van der Waals surface area contributed by atoms with E-state index >= 15 is 0 Å². The van der Waals surface area contributed by atoms with Crippen molar-refractivity contribution in [3.63, 3.8) is 0 Å². The lowest BCUT2D eigenvalue weighted by atomic mass is 10.4. The van der Waals surface area contributed by atoms with E-state index < -0.39 is 17.2 Å². The number of rotatable bonds is 4. The Bertz CT molecular complexity index is 529. The summed E-state index contributed by atoms with van der Waals surface area (Å²) >= 11 is 0. The summed E-state index contributed by atoms with van der Waals surface area (Å²) in [5.74, 6) is -0.419. The fourth-order valence-electron chi connectivity index (χ4n) is 1.44. The summed E-state index contributed by atoms with van der Waals surface area (Å²) in [6.45, 7) is 2.04. The number of amides is 1. The van der Waals surface area contributed by atoms with Crippen molar-refractivity contribution in [3.05, 3.63) is 27.0 Å². The van der Waals surface area contributed by atoms with Crippen molar-refractivity contribution in [2.45, 2.75) is 26.4 Å². The highest BCUT2D eigenvalue weighted by atomic mass is 16.2. The Morgan fingerprint density at radius 2 is 2.12 bits per heavy atom. The number of nitrogens with two attached hydrogens (primary N) is 1. The molecule has 0 saturated carbocycles. The first-order valence-electron chi connectivity index (χ1n) is 5.31. The number of anilines is 1. The second-order valence-electron chi connectivity index (χ2n) is 3.62. The van der Waals surface area contributed by atoms with Gasteiger partial charge in [-0.3, -0.25) is 14.2 Å². The van der Waals surface area contributed by atoms with Crippen molar-refractivity contribution in [2.24, 2.45) is 0 Å². The topological polar surface area (TPSA) is 99.1 Å². The Morgan fingerprint density at radius 3 is 2.65 bits per heavy atom. The average Bonchev–Trinajstić information content (AvgIpc) is 2.31. The predicted octanol–water partition coefficient (Wildman–Crippen LogP) is -1.25. The van der Waals surface area contributed by atoms with Crippen LogP contribution in [0, 0.1) is 0 Å². The number of carbonyl (C=O) groups is 1. The molecule has 0 saturated heterocycles. The standard InChI is InChI=1S/C10H16N4O3/c1-3-4-13-5-7(11)9(16)14(10(13)17)6-8(15)12-2/h5H,3-4,6,11H2,1-2H3,(H,12,15). The van der Waals surface area contributed by atoms with Crippen molar-refractivity contribution in [2.75, 3.05) is 12.8 Å². The molecule has 3 N–H and O–H groups in total. The van der Waals surface area contributed by atoms with E-state index in [-0.39, 0.29) is 12.2 Å². The minimum atomic E-state index is -0.633. The second kappa shape index (κ2) is 5.33. The van der Waals surface area contributed by atoms with Gasteiger partial charge in [0, 0.05) is 19.8 Å². The number of aromatic nitrogens is 2. The maximum atomic E-state index is 11.9. The molecular weight excluding hydrogens is 224 g/mol. The first-order valence-corrected chi connectivity index (χ1v) is 5.31. The molecule has 0 radical (unpaired) electrons. The van der Waals surface area contributed by atoms with Crippen LogP contribution < -0.4 is 22.3 Å². The lowest BCUT2D eigenvalue weighted by molar-refractivity contribution is -0.121. The maximum Gasteiger partial charge on any atom is 0.331 e. The minimum Gasteiger partial charge on any atom is -0.393 e. The van der Waals surface area contributed by atoms with E-state index in [2.05, 4.69) is 5.32 Å². The number of nitrogens with one attached hydrogen (secondary N) is 1. The van der Waals surface area contributed by atoms with Crippen LogP contribution in [0.25, 0.3) is 0 Å². The van der Waals surface area contributed by atoms with Crippen LogP contribution in [0.3, 0.4) is 0 Å². The lowest BCUT2D eigenvalue weighted by Crippen LogP contribution is -2.43. The van der Waals surface area contributed by atoms with Gasteiger partial charge in [0.15, 0.2) is 0 Å². The summed E-state index contributed by atoms with van der Waals surface area (Å²) in [6.07, 6.45) is 2.05. The molecule has 1 aromatic rings. The van der Waals surface area contributed by atoms with Crippen LogP contribution in [-0.2, 0) is 17.9 Å². The molecule has 0 atom stereocenters. The molecule has 0 aliphatic heterocycles.